The summed E-state index contributed by atoms with van der Waals surface area (Å²) in [5, 5.41) is 3.17. The highest BCUT2D eigenvalue weighted by atomic mass is 16.5. The highest BCUT2D eigenvalue weighted by Crippen LogP contribution is 2.39. The summed E-state index contributed by atoms with van der Waals surface area (Å²) in [4.78, 5) is 14.4. The zero-order valence-corrected chi connectivity index (χ0v) is 14.9. The van der Waals surface area contributed by atoms with Crippen LogP contribution in [-0.4, -0.2) is 51.8 Å². The molecule has 1 amide bonds. The van der Waals surface area contributed by atoms with Crippen LogP contribution in [0.25, 0.3) is 0 Å². The monoisotopic (exact) mass is 336 g/mol. The number of nitrogens with zero attached hydrogens (tertiary/aromatic N) is 1. The first-order valence-electron chi connectivity index (χ1n) is 8.51. The number of likely N-dealkylation sites (tertiary alicyclic amines) is 1. The molecule has 0 unspecified atom stereocenters. The Morgan fingerprint density at radius 2 is 1.50 bits per heavy atom. The molecule has 0 aliphatic carbocycles. The summed E-state index contributed by atoms with van der Waals surface area (Å²) in [5.74, 6) is 1.81. The minimum absolute atomic E-state index is 0.130. The van der Waals surface area contributed by atoms with Crippen LogP contribution < -0.4 is 19.5 Å². The number of carbonyl (C=O) groups is 1. The van der Waals surface area contributed by atoms with Crippen LogP contribution in [0.4, 0.5) is 5.69 Å². The lowest BCUT2D eigenvalue weighted by Gasteiger charge is -2.25. The first-order valence-corrected chi connectivity index (χ1v) is 8.51. The van der Waals surface area contributed by atoms with Crippen LogP contribution in [0.5, 0.6) is 17.2 Å². The summed E-state index contributed by atoms with van der Waals surface area (Å²) in [6.07, 6.45) is 5.89. The van der Waals surface area contributed by atoms with Gasteiger partial charge in [0.25, 0.3) is 0 Å². The molecule has 2 rings (SSSR count). The van der Waals surface area contributed by atoms with E-state index in [1.165, 1.54) is 19.3 Å². The molecule has 0 radical (unpaired) electrons. The Bertz CT molecular complexity index is 515. The first-order chi connectivity index (χ1) is 11.7. The van der Waals surface area contributed by atoms with E-state index >= 15 is 0 Å². The van der Waals surface area contributed by atoms with Gasteiger partial charge >= 0.3 is 0 Å². The Morgan fingerprint density at radius 3 is 2.00 bits per heavy atom. The second kappa shape index (κ2) is 9.25. The molecular formula is C18H28N2O4. The number of ether oxygens (including phenoxy) is 3. The van der Waals surface area contributed by atoms with Crippen molar-refractivity contribution in [1.82, 2.24) is 4.90 Å². The molecule has 1 aromatic carbocycles. The molecule has 24 heavy (non-hydrogen) atoms. The molecule has 1 aliphatic rings. The average molecular weight is 336 g/mol. The maximum Gasteiger partial charge on any atom is 0.241 e. The summed E-state index contributed by atoms with van der Waals surface area (Å²) < 4.78 is 16.0. The van der Waals surface area contributed by atoms with E-state index in [9.17, 15) is 4.79 Å². The molecule has 0 aromatic heterocycles. The third kappa shape index (κ3) is 4.69. The van der Waals surface area contributed by atoms with E-state index in [-0.39, 0.29) is 12.5 Å². The number of hydrogen-bond donors (Lipinski definition) is 1. The predicted octanol–water partition coefficient (Wildman–Crippen LogP) is 2.92. The summed E-state index contributed by atoms with van der Waals surface area (Å²) in [7, 11) is 4.72. The minimum atomic E-state index is 0.130. The van der Waals surface area contributed by atoms with Crippen molar-refractivity contribution in [3.63, 3.8) is 0 Å². The Morgan fingerprint density at radius 1 is 0.958 bits per heavy atom. The number of benzene rings is 1. The number of carbonyl (C=O) groups excluding carboxylic acids is 1. The van der Waals surface area contributed by atoms with E-state index in [1.807, 2.05) is 17.0 Å². The van der Waals surface area contributed by atoms with Crippen molar-refractivity contribution in [2.75, 3.05) is 46.3 Å². The molecule has 1 saturated heterocycles. The Hall–Kier alpha value is -2.11. The van der Waals surface area contributed by atoms with Crippen molar-refractivity contribution in [1.29, 1.82) is 0 Å². The van der Waals surface area contributed by atoms with E-state index < -0.39 is 0 Å². The zero-order chi connectivity index (χ0) is 17.4. The van der Waals surface area contributed by atoms with E-state index in [2.05, 4.69) is 5.32 Å². The van der Waals surface area contributed by atoms with Crippen LogP contribution in [0.3, 0.4) is 0 Å². The number of nitrogens with one attached hydrogen (secondary N) is 1. The Labute approximate surface area is 144 Å². The molecule has 1 heterocycles. The predicted molar refractivity (Wildman–Crippen MR) is 94.3 cm³/mol. The van der Waals surface area contributed by atoms with Crippen LogP contribution in [0.1, 0.15) is 32.1 Å². The molecule has 6 nitrogen and oxygen atoms in total. The smallest absolute Gasteiger partial charge is 0.241 e. The molecule has 0 atom stereocenters. The highest BCUT2D eigenvalue weighted by Gasteiger charge is 2.16. The fraction of sp³-hybridized carbons (Fsp3) is 0.611. The van der Waals surface area contributed by atoms with Crippen molar-refractivity contribution in [2.45, 2.75) is 32.1 Å². The number of amides is 1. The third-order valence-electron chi connectivity index (χ3n) is 4.32. The van der Waals surface area contributed by atoms with Crippen LogP contribution in [0.2, 0.25) is 0 Å². The standard InChI is InChI=1S/C18H28N2O4/c1-22-15-11-14(12-16(23-2)18(15)24-3)19-13-17(21)20-9-7-5-4-6-8-10-20/h11-12,19H,4-10,13H2,1-3H3. The van der Waals surface area contributed by atoms with Gasteiger partial charge in [-0.15, -0.1) is 0 Å². The van der Waals surface area contributed by atoms with Gasteiger partial charge in [0.1, 0.15) is 0 Å². The molecule has 1 N–H and O–H groups in total. The molecular weight excluding hydrogens is 308 g/mol. The van der Waals surface area contributed by atoms with Gasteiger partial charge in [0, 0.05) is 30.9 Å². The van der Waals surface area contributed by atoms with Crippen molar-refractivity contribution >= 4 is 11.6 Å². The lowest BCUT2D eigenvalue weighted by atomic mass is 10.1. The van der Waals surface area contributed by atoms with Gasteiger partial charge in [-0.1, -0.05) is 19.3 Å². The fourth-order valence-corrected chi connectivity index (χ4v) is 2.97. The van der Waals surface area contributed by atoms with Crippen LogP contribution in [0, 0.1) is 0 Å². The maximum absolute atomic E-state index is 12.4. The van der Waals surface area contributed by atoms with Gasteiger partial charge in [-0.25, -0.2) is 0 Å². The lowest BCUT2D eigenvalue weighted by molar-refractivity contribution is -0.129. The number of rotatable bonds is 6. The molecule has 6 heteroatoms. The van der Waals surface area contributed by atoms with Gasteiger partial charge < -0.3 is 24.4 Å². The SMILES string of the molecule is COc1cc(NCC(=O)N2CCCCCCC2)cc(OC)c1OC. The zero-order valence-electron chi connectivity index (χ0n) is 14.9. The molecule has 0 bridgehead atoms. The number of methoxy groups -OCH3 is 3. The Kier molecular flexibility index (Phi) is 7.03. The van der Waals surface area contributed by atoms with Crippen LogP contribution >= 0.6 is 0 Å². The number of anilines is 1. The fourth-order valence-electron chi connectivity index (χ4n) is 2.97. The largest absolute Gasteiger partial charge is 0.493 e. The van der Waals surface area contributed by atoms with Crippen molar-refractivity contribution in [3.8, 4) is 17.2 Å². The molecule has 1 aliphatic heterocycles. The number of hydrogen-bond acceptors (Lipinski definition) is 5. The van der Waals surface area contributed by atoms with Gasteiger partial charge in [-0.3, -0.25) is 4.79 Å². The minimum Gasteiger partial charge on any atom is -0.493 e. The summed E-state index contributed by atoms with van der Waals surface area (Å²) in [5.41, 5.74) is 0.768. The summed E-state index contributed by atoms with van der Waals surface area (Å²) in [6.45, 7) is 1.98. The van der Waals surface area contributed by atoms with E-state index in [4.69, 9.17) is 14.2 Å². The normalized spacial score (nSPS) is 15.2. The van der Waals surface area contributed by atoms with Gasteiger partial charge in [-0.05, 0) is 12.8 Å². The average Bonchev–Trinajstić information content (AvgIpc) is 2.58. The van der Waals surface area contributed by atoms with Crippen LogP contribution in [0.15, 0.2) is 12.1 Å². The van der Waals surface area contributed by atoms with E-state index in [1.54, 1.807) is 21.3 Å². The van der Waals surface area contributed by atoms with Gasteiger partial charge in [0.15, 0.2) is 11.5 Å². The maximum atomic E-state index is 12.4. The van der Waals surface area contributed by atoms with E-state index in [0.29, 0.717) is 17.2 Å². The molecule has 0 spiro atoms. The second-order valence-electron chi connectivity index (χ2n) is 5.92. The third-order valence-corrected chi connectivity index (χ3v) is 4.32. The topological polar surface area (TPSA) is 60.0 Å². The highest BCUT2D eigenvalue weighted by molar-refractivity contribution is 5.81. The van der Waals surface area contributed by atoms with E-state index in [0.717, 1.165) is 31.6 Å². The van der Waals surface area contributed by atoms with Crippen molar-refractivity contribution in [2.24, 2.45) is 0 Å². The van der Waals surface area contributed by atoms with Crippen LogP contribution in [-0.2, 0) is 4.79 Å². The first kappa shape index (κ1) is 18.2. The second-order valence-corrected chi connectivity index (χ2v) is 5.92. The lowest BCUT2D eigenvalue weighted by Crippen LogP contribution is -2.37. The van der Waals surface area contributed by atoms with Gasteiger partial charge in [0.05, 0.1) is 27.9 Å². The molecule has 1 fully saturated rings. The van der Waals surface area contributed by atoms with Crippen molar-refractivity contribution < 1.29 is 19.0 Å². The Balaban J connectivity index is 2.01. The summed E-state index contributed by atoms with van der Waals surface area (Å²) in [6, 6.07) is 3.62. The quantitative estimate of drug-likeness (QED) is 0.865. The van der Waals surface area contributed by atoms with Gasteiger partial charge in [-0.2, -0.15) is 0 Å². The summed E-state index contributed by atoms with van der Waals surface area (Å²) >= 11 is 0. The molecule has 134 valence electrons. The van der Waals surface area contributed by atoms with Gasteiger partial charge in [0.2, 0.25) is 11.7 Å². The van der Waals surface area contributed by atoms with Crippen molar-refractivity contribution in [3.05, 3.63) is 12.1 Å². The molecule has 1 aromatic rings. The molecule has 0 saturated carbocycles.